The minimum Gasteiger partial charge on any atom is -0.450 e. The van der Waals surface area contributed by atoms with Crippen molar-refractivity contribution >= 4 is 12.0 Å². The highest BCUT2D eigenvalue weighted by molar-refractivity contribution is 5.83. The summed E-state index contributed by atoms with van der Waals surface area (Å²) in [5, 5.41) is 2.30. The van der Waals surface area contributed by atoms with Crippen LogP contribution in [0.3, 0.4) is 0 Å². The van der Waals surface area contributed by atoms with Crippen molar-refractivity contribution in [3.8, 4) is 0 Å². The average Bonchev–Trinajstić information content (AvgIpc) is 2.04. The highest BCUT2D eigenvalue weighted by Crippen LogP contribution is 1.89. The molecule has 13 heavy (non-hydrogen) atoms. The summed E-state index contributed by atoms with van der Waals surface area (Å²) in [6, 6.07) is -0.686. The zero-order valence-electron chi connectivity index (χ0n) is 8.00. The molecule has 1 atom stereocenters. The third kappa shape index (κ3) is 5.95. The van der Waals surface area contributed by atoms with Crippen LogP contribution in [0.25, 0.3) is 0 Å². The second-order valence-corrected chi connectivity index (χ2v) is 2.76. The van der Waals surface area contributed by atoms with Crippen molar-refractivity contribution in [3.05, 3.63) is 0 Å². The van der Waals surface area contributed by atoms with Gasteiger partial charge in [-0.2, -0.15) is 0 Å². The van der Waals surface area contributed by atoms with Crippen LogP contribution in [0.15, 0.2) is 0 Å². The van der Waals surface area contributed by atoms with E-state index in [9.17, 15) is 9.59 Å². The Balaban J connectivity index is 3.56. The Bertz CT molecular complexity index is 182. The molecule has 0 rings (SSSR count). The van der Waals surface area contributed by atoms with Gasteiger partial charge in [-0.3, -0.25) is 4.79 Å². The van der Waals surface area contributed by atoms with Crippen LogP contribution >= 0.6 is 0 Å². The molecule has 1 unspecified atom stereocenters. The molecule has 0 aliphatic rings. The highest BCUT2D eigenvalue weighted by atomic mass is 16.5. The summed E-state index contributed by atoms with van der Waals surface area (Å²) < 4.78 is 4.75. The van der Waals surface area contributed by atoms with E-state index in [1.54, 1.807) is 0 Å². The lowest BCUT2D eigenvalue weighted by Gasteiger charge is -2.09. The minimum absolute atomic E-state index is 0.369. The van der Waals surface area contributed by atoms with Crippen LogP contribution in [0, 0.1) is 0 Å². The van der Waals surface area contributed by atoms with Gasteiger partial charge in [0.1, 0.15) is 6.04 Å². The van der Waals surface area contributed by atoms with Crippen molar-refractivity contribution in [1.82, 2.24) is 5.32 Å². The number of nitrogens with two attached hydrogens (primary N) is 1. The lowest BCUT2D eigenvalue weighted by Crippen LogP contribution is -2.42. The molecular weight excluding hydrogens is 172 g/mol. The number of carbonyl (C=O) groups is 2. The Labute approximate surface area is 77.6 Å². The zero-order valence-corrected chi connectivity index (χ0v) is 8.00. The van der Waals surface area contributed by atoms with Gasteiger partial charge in [-0.1, -0.05) is 13.3 Å². The van der Waals surface area contributed by atoms with Gasteiger partial charge in [-0.15, -0.1) is 0 Å². The van der Waals surface area contributed by atoms with Crippen molar-refractivity contribution in [1.29, 1.82) is 0 Å². The molecule has 0 fully saturated rings. The molecule has 0 aromatic carbocycles. The monoisotopic (exact) mass is 188 g/mol. The van der Waals surface area contributed by atoms with Crippen LogP contribution in [0.1, 0.15) is 26.7 Å². The predicted molar refractivity (Wildman–Crippen MR) is 48.0 cm³/mol. The van der Waals surface area contributed by atoms with Crippen LogP contribution in [0.5, 0.6) is 0 Å². The topological polar surface area (TPSA) is 81.4 Å². The van der Waals surface area contributed by atoms with Gasteiger partial charge < -0.3 is 15.8 Å². The number of hydrogen-bond donors (Lipinski definition) is 2. The molecule has 0 heterocycles. The largest absolute Gasteiger partial charge is 0.450 e. The first kappa shape index (κ1) is 11.7. The molecule has 0 spiro atoms. The van der Waals surface area contributed by atoms with Crippen LogP contribution in [0.2, 0.25) is 0 Å². The van der Waals surface area contributed by atoms with Crippen LogP contribution < -0.4 is 11.1 Å². The number of amides is 2. The number of rotatable bonds is 5. The van der Waals surface area contributed by atoms with Crippen molar-refractivity contribution < 1.29 is 14.3 Å². The minimum atomic E-state index is -0.686. The fourth-order valence-electron chi connectivity index (χ4n) is 0.599. The summed E-state index contributed by atoms with van der Waals surface area (Å²) in [7, 11) is 0. The molecule has 0 saturated heterocycles. The molecule has 2 amide bonds. The Morgan fingerprint density at radius 2 is 2.15 bits per heavy atom. The quantitative estimate of drug-likeness (QED) is 0.612. The van der Waals surface area contributed by atoms with Gasteiger partial charge in [0.2, 0.25) is 5.91 Å². The Kier molecular flexibility index (Phi) is 5.67. The van der Waals surface area contributed by atoms with Gasteiger partial charge in [0.05, 0.1) is 6.61 Å². The Morgan fingerprint density at radius 1 is 1.54 bits per heavy atom. The summed E-state index contributed by atoms with van der Waals surface area (Å²) in [6.07, 6.45) is 1.18. The fraction of sp³-hybridized carbons (Fsp3) is 0.750. The zero-order chi connectivity index (χ0) is 10.3. The third-order valence-corrected chi connectivity index (χ3v) is 1.49. The van der Waals surface area contributed by atoms with Crippen LogP contribution in [-0.2, 0) is 9.53 Å². The van der Waals surface area contributed by atoms with E-state index in [1.807, 2.05) is 6.92 Å². The third-order valence-electron chi connectivity index (χ3n) is 1.49. The first-order valence-electron chi connectivity index (χ1n) is 4.30. The van der Waals surface area contributed by atoms with E-state index in [4.69, 9.17) is 10.5 Å². The summed E-state index contributed by atoms with van der Waals surface area (Å²) in [5.41, 5.74) is 4.93. The van der Waals surface area contributed by atoms with Gasteiger partial charge in [0.25, 0.3) is 0 Å². The summed E-state index contributed by atoms with van der Waals surface area (Å²) in [5.74, 6) is -0.576. The number of alkyl carbamates (subject to hydrolysis) is 1. The molecule has 0 aliphatic carbocycles. The van der Waals surface area contributed by atoms with E-state index in [0.717, 1.165) is 12.8 Å². The van der Waals surface area contributed by atoms with E-state index in [0.29, 0.717) is 6.61 Å². The smallest absolute Gasteiger partial charge is 0.407 e. The van der Waals surface area contributed by atoms with Crippen LogP contribution in [0.4, 0.5) is 4.79 Å². The molecular formula is C8H16N2O3. The second-order valence-electron chi connectivity index (χ2n) is 2.76. The van der Waals surface area contributed by atoms with Gasteiger partial charge in [-0.25, -0.2) is 4.79 Å². The lowest BCUT2D eigenvalue weighted by molar-refractivity contribution is -0.119. The molecule has 0 bridgehead atoms. The van der Waals surface area contributed by atoms with E-state index >= 15 is 0 Å². The maximum Gasteiger partial charge on any atom is 0.407 e. The fourth-order valence-corrected chi connectivity index (χ4v) is 0.599. The number of unbranched alkanes of at least 4 members (excludes halogenated alkanes) is 1. The second kappa shape index (κ2) is 6.28. The number of carbonyl (C=O) groups excluding carboxylic acids is 2. The van der Waals surface area contributed by atoms with Gasteiger partial charge in [0.15, 0.2) is 0 Å². The number of hydrogen-bond acceptors (Lipinski definition) is 3. The van der Waals surface area contributed by atoms with E-state index in [-0.39, 0.29) is 0 Å². The Morgan fingerprint density at radius 3 is 2.62 bits per heavy atom. The molecule has 76 valence electrons. The van der Waals surface area contributed by atoms with E-state index in [1.165, 1.54) is 6.92 Å². The maximum absolute atomic E-state index is 10.9. The molecule has 0 saturated carbocycles. The van der Waals surface area contributed by atoms with E-state index < -0.39 is 18.0 Å². The maximum atomic E-state index is 10.9. The summed E-state index contributed by atoms with van der Waals surface area (Å²) >= 11 is 0. The SMILES string of the molecule is CCCCOC(=O)NC(C)C(N)=O. The molecule has 0 aromatic rings. The first-order valence-corrected chi connectivity index (χ1v) is 4.30. The standard InChI is InChI=1S/C8H16N2O3/c1-3-4-5-13-8(12)10-6(2)7(9)11/h6H,3-5H2,1-2H3,(H2,9,11)(H,10,12). The number of nitrogens with one attached hydrogen (secondary N) is 1. The van der Waals surface area contributed by atoms with Gasteiger partial charge >= 0.3 is 6.09 Å². The Hall–Kier alpha value is -1.26. The van der Waals surface area contributed by atoms with Gasteiger partial charge in [-0.05, 0) is 13.3 Å². The highest BCUT2D eigenvalue weighted by Gasteiger charge is 2.11. The molecule has 5 heteroatoms. The van der Waals surface area contributed by atoms with Crippen molar-refractivity contribution in [2.24, 2.45) is 5.73 Å². The van der Waals surface area contributed by atoms with Crippen molar-refractivity contribution in [3.63, 3.8) is 0 Å². The molecule has 0 aliphatic heterocycles. The van der Waals surface area contributed by atoms with E-state index in [2.05, 4.69) is 5.32 Å². The molecule has 0 radical (unpaired) electrons. The number of primary amides is 1. The van der Waals surface area contributed by atoms with Crippen LogP contribution in [-0.4, -0.2) is 24.6 Å². The van der Waals surface area contributed by atoms with Crippen molar-refractivity contribution in [2.45, 2.75) is 32.7 Å². The molecule has 5 nitrogen and oxygen atoms in total. The molecule has 3 N–H and O–H groups in total. The first-order chi connectivity index (χ1) is 6.07. The van der Waals surface area contributed by atoms with Gasteiger partial charge in [0, 0.05) is 0 Å². The lowest BCUT2D eigenvalue weighted by atomic mass is 10.3. The normalized spacial score (nSPS) is 11.8. The number of ether oxygens (including phenoxy) is 1. The summed E-state index contributed by atoms with van der Waals surface area (Å²) in [6.45, 7) is 3.87. The predicted octanol–water partition coefficient (Wildman–Crippen LogP) is 0.387. The van der Waals surface area contributed by atoms with Crippen molar-refractivity contribution in [2.75, 3.05) is 6.61 Å². The molecule has 0 aromatic heterocycles. The summed E-state index contributed by atoms with van der Waals surface area (Å²) in [4.78, 5) is 21.4. The average molecular weight is 188 g/mol.